The third kappa shape index (κ3) is 4.42. The zero-order valence-corrected chi connectivity index (χ0v) is 17.4. The van der Waals surface area contributed by atoms with Gasteiger partial charge < -0.3 is 0 Å². The number of aromatic nitrogens is 8. The smallest absolute Gasteiger partial charge is 0.181 e. The summed E-state index contributed by atoms with van der Waals surface area (Å²) in [5, 5.41) is 18.9. The summed E-state index contributed by atoms with van der Waals surface area (Å²) in [4.78, 5) is 8.98. The minimum Gasteiger partial charge on any atom is -0.264 e. The highest BCUT2D eigenvalue weighted by Gasteiger charge is 2.12. The largest absolute Gasteiger partial charge is 0.264 e. The molecular weight excluding hydrogens is 376 g/mol. The lowest BCUT2D eigenvalue weighted by Gasteiger charge is -2.09. The Morgan fingerprint density at radius 3 is 2.57 bits per heavy atom. The number of pyridine rings is 1. The number of H-pyrrole nitrogens is 1. The molecule has 0 spiro atoms. The van der Waals surface area contributed by atoms with Crippen molar-refractivity contribution >= 4 is 0 Å². The summed E-state index contributed by atoms with van der Waals surface area (Å²) in [5.74, 6) is 2.63. The van der Waals surface area contributed by atoms with E-state index in [0.717, 1.165) is 67.0 Å². The predicted molar refractivity (Wildman–Crippen MR) is 115 cm³/mol. The van der Waals surface area contributed by atoms with Gasteiger partial charge in [-0.05, 0) is 46.0 Å². The molecule has 1 aromatic carbocycles. The summed E-state index contributed by atoms with van der Waals surface area (Å²) in [6.07, 6.45) is 8.78. The van der Waals surface area contributed by atoms with Gasteiger partial charge in [-0.1, -0.05) is 44.5 Å². The van der Waals surface area contributed by atoms with Gasteiger partial charge in [0.15, 0.2) is 11.6 Å². The molecule has 0 radical (unpaired) electrons. The summed E-state index contributed by atoms with van der Waals surface area (Å²) in [6, 6.07) is 10.5. The van der Waals surface area contributed by atoms with Crippen molar-refractivity contribution in [1.29, 1.82) is 0 Å². The second kappa shape index (κ2) is 9.39. The van der Waals surface area contributed by atoms with Crippen LogP contribution in [0, 0.1) is 0 Å². The van der Waals surface area contributed by atoms with E-state index in [2.05, 4.69) is 68.4 Å². The number of tetrazole rings is 1. The number of rotatable bonds is 9. The van der Waals surface area contributed by atoms with E-state index in [9.17, 15) is 0 Å². The molecule has 1 N–H and O–H groups in total. The van der Waals surface area contributed by atoms with Gasteiger partial charge in [-0.2, -0.15) is 5.10 Å². The highest BCUT2D eigenvalue weighted by Crippen LogP contribution is 2.29. The van der Waals surface area contributed by atoms with Crippen LogP contribution in [0.2, 0.25) is 0 Å². The molecule has 0 aliphatic rings. The highest BCUT2D eigenvalue weighted by atomic mass is 15.5. The molecule has 3 aromatic heterocycles. The Kier molecular flexibility index (Phi) is 6.22. The maximum absolute atomic E-state index is 4.76. The first kappa shape index (κ1) is 19.9. The minimum absolute atomic E-state index is 0.605. The molecule has 30 heavy (non-hydrogen) atoms. The first-order valence-corrected chi connectivity index (χ1v) is 10.5. The van der Waals surface area contributed by atoms with Gasteiger partial charge in [-0.15, -0.1) is 5.10 Å². The molecule has 0 fully saturated rings. The van der Waals surface area contributed by atoms with Gasteiger partial charge in [0.2, 0.25) is 0 Å². The van der Waals surface area contributed by atoms with E-state index in [0.29, 0.717) is 5.82 Å². The Morgan fingerprint density at radius 2 is 1.83 bits per heavy atom. The van der Waals surface area contributed by atoms with Crippen molar-refractivity contribution in [2.24, 2.45) is 0 Å². The average Bonchev–Trinajstić information content (AvgIpc) is 3.44. The van der Waals surface area contributed by atoms with Crippen LogP contribution in [0.15, 0.2) is 42.7 Å². The van der Waals surface area contributed by atoms with Crippen LogP contribution in [-0.4, -0.2) is 40.4 Å². The van der Waals surface area contributed by atoms with Crippen molar-refractivity contribution in [1.82, 2.24) is 40.4 Å². The van der Waals surface area contributed by atoms with E-state index in [1.807, 2.05) is 6.07 Å². The number of hydrogen-bond donors (Lipinski definition) is 1. The monoisotopic (exact) mass is 402 g/mol. The van der Waals surface area contributed by atoms with Gasteiger partial charge >= 0.3 is 0 Å². The molecule has 0 unspecified atom stereocenters. The first-order chi connectivity index (χ1) is 14.8. The van der Waals surface area contributed by atoms with E-state index < -0.39 is 0 Å². The van der Waals surface area contributed by atoms with Gasteiger partial charge in [0, 0.05) is 30.8 Å². The lowest BCUT2D eigenvalue weighted by atomic mass is 10.00. The zero-order chi connectivity index (χ0) is 20.8. The van der Waals surface area contributed by atoms with Gasteiger partial charge in [0.1, 0.15) is 5.82 Å². The summed E-state index contributed by atoms with van der Waals surface area (Å²) < 4.78 is 2.06. The van der Waals surface area contributed by atoms with Gasteiger partial charge in [-0.3, -0.25) is 4.98 Å². The highest BCUT2D eigenvalue weighted by molar-refractivity contribution is 5.79. The second-order valence-electron chi connectivity index (χ2n) is 7.32. The van der Waals surface area contributed by atoms with Crippen LogP contribution in [0.4, 0.5) is 0 Å². The molecule has 0 bridgehead atoms. The molecule has 0 aliphatic carbocycles. The molecule has 8 heteroatoms. The fraction of sp³-hybridized carbons (Fsp3) is 0.364. The van der Waals surface area contributed by atoms with Crippen LogP contribution in [0.5, 0.6) is 0 Å². The van der Waals surface area contributed by atoms with Crippen LogP contribution in [0.25, 0.3) is 22.5 Å². The summed E-state index contributed by atoms with van der Waals surface area (Å²) in [7, 11) is 0. The number of hydrogen-bond acceptors (Lipinski definition) is 6. The molecule has 0 saturated heterocycles. The molecule has 0 atom stereocenters. The Morgan fingerprint density at radius 1 is 0.967 bits per heavy atom. The lowest BCUT2D eigenvalue weighted by molar-refractivity contribution is 0.613. The predicted octanol–water partition coefficient (Wildman–Crippen LogP) is 3.86. The fourth-order valence-electron chi connectivity index (χ4n) is 3.47. The number of unbranched alkanes of at least 4 members (excludes halogenated alkanes) is 1. The number of aromatic amines is 1. The summed E-state index contributed by atoms with van der Waals surface area (Å²) >= 11 is 0. The Bertz CT molecular complexity index is 1070. The van der Waals surface area contributed by atoms with Crippen LogP contribution in [0.3, 0.4) is 0 Å². The van der Waals surface area contributed by atoms with Gasteiger partial charge in [0.05, 0.1) is 6.54 Å². The fourth-order valence-corrected chi connectivity index (χ4v) is 3.47. The van der Waals surface area contributed by atoms with Crippen LogP contribution in [0.1, 0.15) is 50.3 Å². The minimum atomic E-state index is 0.605. The van der Waals surface area contributed by atoms with E-state index in [-0.39, 0.29) is 0 Å². The van der Waals surface area contributed by atoms with Crippen LogP contribution < -0.4 is 0 Å². The molecule has 3 heterocycles. The van der Waals surface area contributed by atoms with Gasteiger partial charge in [-0.25, -0.2) is 14.8 Å². The lowest BCUT2D eigenvalue weighted by Crippen LogP contribution is -2.07. The zero-order valence-electron chi connectivity index (χ0n) is 17.4. The standard InChI is InChI=1S/C22H26N8/c1-3-5-7-21-24-20(6-4-2)27-30(21)15-16-8-10-17(11-9-16)18-12-13-23-14-19(18)22-25-28-29-26-22/h8-14H,3-7,15H2,1-2H3,(H,25,26,28,29). The Hall–Kier alpha value is -3.42. The molecular formula is C22H26N8. The Labute approximate surface area is 175 Å². The maximum Gasteiger partial charge on any atom is 0.181 e. The third-order valence-corrected chi connectivity index (χ3v) is 5.04. The average molecular weight is 403 g/mol. The number of nitrogens with one attached hydrogen (secondary N) is 1. The quantitative estimate of drug-likeness (QED) is 0.456. The molecule has 4 aromatic rings. The normalized spacial score (nSPS) is 11.1. The van der Waals surface area contributed by atoms with Gasteiger partial charge in [0.25, 0.3) is 0 Å². The number of benzene rings is 1. The number of nitrogens with zero attached hydrogens (tertiary/aromatic N) is 7. The topological polar surface area (TPSA) is 98.1 Å². The Balaban J connectivity index is 1.57. The van der Waals surface area contributed by atoms with E-state index in [4.69, 9.17) is 10.1 Å². The molecule has 0 aliphatic heterocycles. The summed E-state index contributed by atoms with van der Waals surface area (Å²) in [5.41, 5.74) is 4.19. The SMILES string of the molecule is CCCCc1nc(CCC)nn1Cc1ccc(-c2ccncc2-c2nnn[nH]2)cc1. The molecule has 154 valence electrons. The number of aryl methyl sites for hydroxylation is 2. The van der Waals surface area contributed by atoms with Crippen LogP contribution >= 0.6 is 0 Å². The van der Waals surface area contributed by atoms with E-state index in [1.54, 1.807) is 12.4 Å². The van der Waals surface area contributed by atoms with Crippen LogP contribution in [-0.2, 0) is 19.4 Å². The van der Waals surface area contributed by atoms with Crippen molar-refractivity contribution in [3.05, 3.63) is 59.9 Å². The molecule has 0 saturated carbocycles. The third-order valence-electron chi connectivity index (χ3n) is 5.04. The van der Waals surface area contributed by atoms with Crippen molar-refractivity contribution in [3.8, 4) is 22.5 Å². The molecule has 0 amide bonds. The first-order valence-electron chi connectivity index (χ1n) is 10.5. The molecule has 4 rings (SSSR count). The second-order valence-corrected chi connectivity index (χ2v) is 7.32. The van der Waals surface area contributed by atoms with Crippen molar-refractivity contribution in [3.63, 3.8) is 0 Å². The molecule has 8 nitrogen and oxygen atoms in total. The summed E-state index contributed by atoms with van der Waals surface area (Å²) in [6.45, 7) is 5.09. The van der Waals surface area contributed by atoms with Crippen molar-refractivity contribution < 1.29 is 0 Å². The van der Waals surface area contributed by atoms with E-state index >= 15 is 0 Å². The van der Waals surface area contributed by atoms with Crippen molar-refractivity contribution in [2.75, 3.05) is 0 Å². The maximum atomic E-state index is 4.76. The van der Waals surface area contributed by atoms with E-state index in [1.165, 1.54) is 5.56 Å². The van der Waals surface area contributed by atoms with Crippen molar-refractivity contribution in [2.45, 2.75) is 52.5 Å².